The van der Waals surface area contributed by atoms with Gasteiger partial charge >= 0.3 is 0 Å². The third-order valence-corrected chi connectivity index (χ3v) is 3.16. The maximum absolute atomic E-state index is 5.61. The van der Waals surface area contributed by atoms with Crippen molar-refractivity contribution in [2.45, 2.75) is 0 Å². The summed E-state index contributed by atoms with van der Waals surface area (Å²) in [6, 6.07) is 5.72. The average molecular weight is 300 g/mol. The van der Waals surface area contributed by atoms with E-state index >= 15 is 0 Å². The van der Waals surface area contributed by atoms with E-state index < -0.39 is 0 Å². The van der Waals surface area contributed by atoms with Gasteiger partial charge in [-0.2, -0.15) is 0 Å². The molecule has 3 N–H and O–H groups in total. The van der Waals surface area contributed by atoms with Crippen molar-refractivity contribution >= 4 is 43.1 Å². The van der Waals surface area contributed by atoms with Gasteiger partial charge in [-0.05, 0) is 18.2 Å². The molecule has 0 saturated heterocycles. The zero-order chi connectivity index (χ0) is 11.5. The Morgan fingerprint density at radius 1 is 1.50 bits per heavy atom. The van der Waals surface area contributed by atoms with E-state index in [9.17, 15) is 0 Å². The van der Waals surface area contributed by atoms with Crippen LogP contribution in [0.15, 0.2) is 28.9 Å². The van der Waals surface area contributed by atoms with Gasteiger partial charge in [-0.25, -0.2) is 4.98 Å². The highest BCUT2D eigenvalue weighted by Crippen LogP contribution is 2.32. The quantitative estimate of drug-likeness (QED) is 0.913. The minimum Gasteiger partial charge on any atom is -0.495 e. The summed E-state index contributed by atoms with van der Waals surface area (Å²) in [5.74, 6) is 0.761. The second kappa shape index (κ2) is 4.71. The van der Waals surface area contributed by atoms with Crippen molar-refractivity contribution in [3.05, 3.63) is 28.9 Å². The molecule has 0 atom stereocenters. The Labute approximate surface area is 106 Å². The first-order chi connectivity index (χ1) is 7.69. The van der Waals surface area contributed by atoms with E-state index in [1.54, 1.807) is 13.3 Å². The highest BCUT2D eigenvalue weighted by Gasteiger charge is 2.06. The molecule has 1 aromatic carbocycles. The number of hydrogen-bond donors (Lipinski definition) is 2. The number of ether oxygens (including phenoxy) is 1. The lowest BCUT2D eigenvalue weighted by Gasteiger charge is -2.09. The molecule has 2 aromatic rings. The molecule has 4 nitrogen and oxygen atoms in total. The van der Waals surface area contributed by atoms with Gasteiger partial charge in [-0.1, -0.05) is 27.3 Å². The average Bonchev–Trinajstić information content (AvgIpc) is 2.64. The summed E-state index contributed by atoms with van der Waals surface area (Å²) < 4.78 is 6.21. The molecule has 1 aromatic heterocycles. The number of anilines is 3. The lowest BCUT2D eigenvalue weighted by atomic mass is 10.3. The molecular weight excluding hydrogens is 290 g/mol. The van der Waals surface area contributed by atoms with Crippen LogP contribution in [0, 0.1) is 0 Å². The Morgan fingerprint density at radius 2 is 2.31 bits per heavy atom. The standard InChI is InChI=1S/C10H10BrN3OS/c1-15-8-3-2-6(11)4-7(8)14-10-13-5-9(12)16-10/h2-5H,12H2,1H3,(H,13,14). The number of nitrogen functional groups attached to an aromatic ring is 1. The number of aromatic nitrogens is 1. The third-order valence-electron chi connectivity index (χ3n) is 1.93. The number of methoxy groups -OCH3 is 1. The maximum Gasteiger partial charge on any atom is 0.189 e. The molecule has 2 rings (SSSR count). The molecule has 84 valence electrons. The molecule has 0 fully saturated rings. The molecular formula is C10H10BrN3OS. The molecule has 0 aliphatic carbocycles. The van der Waals surface area contributed by atoms with Crippen LogP contribution < -0.4 is 15.8 Å². The fourth-order valence-corrected chi connectivity index (χ4v) is 2.19. The van der Waals surface area contributed by atoms with Crippen molar-refractivity contribution in [1.29, 1.82) is 0 Å². The summed E-state index contributed by atoms with van der Waals surface area (Å²) in [6.45, 7) is 0. The first-order valence-corrected chi connectivity index (χ1v) is 6.12. The van der Waals surface area contributed by atoms with Crippen molar-refractivity contribution in [2.24, 2.45) is 0 Å². The van der Waals surface area contributed by atoms with Crippen LogP contribution in [0.25, 0.3) is 0 Å². The van der Waals surface area contributed by atoms with Gasteiger partial charge in [0, 0.05) is 4.47 Å². The highest BCUT2D eigenvalue weighted by molar-refractivity contribution is 9.10. The van der Waals surface area contributed by atoms with Crippen LogP contribution in [-0.4, -0.2) is 12.1 Å². The number of rotatable bonds is 3. The van der Waals surface area contributed by atoms with Crippen LogP contribution in [0.4, 0.5) is 15.8 Å². The van der Waals surface area contributed by atoms with E-state index in [-0.39, 0.29) is 0 Å². The predicted octanol–water partition coefficient (Wildman–Crippen LogP) is 3.24. The van der Waals surface area contributed by atoms with Crippen LogP contribution in [0.1, 0.15) is 0 Å². The monoisotopic (exact) mass is 299 g/mol. The van der Waals surface area contributed by atoms with Crippen LogP contribution in [0.2, 0.25) is 0 Å². The molecule has 16 heavy (non-hydrogen) atoms. The number of benzene rings is 1. The van der Waals surface area contributed by atoms with Gasteiger partial charge in [0.05, 0.1) is 19.0 Å². The minimum atomic E-state index is 0.677. The topological polar surface area (TPSA) is 60.2 Å². The van der Waals surface area contributed by atoms with Gasteiger partial charge < -0.3 is 15.8 Å². The number of halogens is 1. The van der Waals surface area contributed by atoms with Crippen LogP contribution in [-0.2, 0) is 0 Å². The molecule has 0 bridgehead atoms. The Morgan fingerprint density at radius 3 is 2.94 bits per heavy atom. The van der Waals surface area contributed by atoms with Gasteiger partial charge in [0.25, 0.3) is 0 Å². The number of hydrogen-bond acceptors (Lipinski definition) is 5. The van der Waals surface area contributed by atoms with E-state index in [2.05, 4.69) is 26.2 Å². The van der Waals surface area contributed by atoms with Crippen molar-refractivity contribution in [2.75, 3.05) is 18.2 Å². The third kappa shape index (κ3) is 2.45. The van der Waals surface area contributed by atoms with Gasteiger partial charge in [0.15, 0.2) is 5.13 Å². The minimum absolute atomic E-state index is 0.677. The Balaban J connectivity index is 2.29. The molecule has 0 aliphatic heterocycles. The van der Waals surface area contributed by atoms with Crippen LogP contribution in [0.3, 0.4) is 0 Å². The van der Waals surface area contributed by atoms with Gasteiger partial charge in [0.1, 0.15) is 10.8 Å². The number of thiazole rings is 1. The molecule has 0 saturated carbocycles. The smallest absolute Gasteiger partial charge is 0.189 e. The zero-order valence-corrected chi connectivity index (χ0v) is 10.9. The Hall–Kier alpha value is -1.27. The number of nitrogens with zero attached hydrogens (tertiary/aromatic N) is 1. The maximum atomic E-state index is 5.61. The van der Waals surface area contributed by atoms with Crippen molar-refractivity contribution in [3.63, 3.8) is 0 Å². The van der Waals surface area contributed by atoms with E-state index in [1.807, 2.05) is 18.2 Å². The summed E-state index contributed by atoms with van der Waals surface area (Å²) in [7, 11) is 1.63. The second-order valence-corrected chi connectivity index (χ2v) is 5.02. The lowest BCUT2D eigenvalue weighted by Crippen LogP contribution is -1.93. The van der Waals surface area contributed by atoms with Gasteiger partial charge in [-0.3, -0.25) is 0 Å². The normalized spacial score (nSPS) is 10.1. The van der Waals surface area contributed by atoms with Crippen molar-refractivity contribution in [1.82, 2.24) is 4.98 Å². The molecule has 0 unspecified atom stereocenters. The molecule has 0 aliphatic rings. The van der Waals surface area contributed by atoms with Crippen molar-refractivity contribution in [3.8, 4) is 5.75 Å². The molecule has 0 radical (unpaired) electrons. The predicted molar refractivity (Wildman–Crippen MR) is 70.5 cm³/mol. The van der Waals surface area contributed by atoms with Crippen molar-refractivity contribution < 1.29 is 4.74 Å². The van der Waals surface area contributed by atoms with Gasteiger partial charge in [0.2, 0.25) is 0 Å². The van der Waals surface area contributed by atoms with Crippen LogP contribution >= 0.6 is 27.3 Å². The number of nitrogens with one attached hydrogen (secondary N) is 1. The first-order valence-electron chi connectivity index (χ1n) is 4.51. The largest absolute Gasteiger partial charge is 0.495 e. The molecule has 0 amide bonds. The lowest BCUT2D eigenvalue weighted by molar-refractivity contribution is 0.417. The Kier molecular flexibility index (Phi) is 3.31. The summed E-state index contributed by atoms with van der Waals surface area (Å²) in [4.78, 5) is 4.13. The molecule has 0 spiro atoms. The summed E-state index contributed by atoms with van der Waals surface area (Å²) in [6.07, 6.45) is 1.62. The number of nitrogens with two attached hydrogens (primary N) is 1. The summed E-state index contributed by atoms with van der Waals surface area (Å²) >= 11 is 4.80. The highest BCUT2D eigenvalue weighted by atomic mass is 79.9. The van der Waals surface area contributed by atoms with E-state index in [1.165, 1.54) is 11.3 Å². The SMILES string of the molecule is COc1ccc(Br)cc1Nc1ncc(N)s1. The Bertz CT molecular complexity index is 501. The molecule has 1 heterocycles. The fourth-order valence-electron chi connectivity index (χ4n) is 1.24. The van der Waals surface area contributed by atoms with Crippen LogP contribution in [0.5, 0.6) is 5.75 Å². The molecule has 6 heteroatoms. The van der Waals surface area contributed by atoms with E-state index in [4.69, 9.17) is 10.5 Å². The van der Waals surface area contributed by atoms with E-state index in [0.29, 0.717) is 5.00 Å². The zero-order valence-electron chi connectivity index (χ0n) is 8.53. The summed E-state index contributed by atoms with van der Waals surface area (Å²) in [5.41, 5.74) is 6.46. The fraction of sp³-hybridized carbons (Fsp3) is 0.100. The summed E-state index contributed by atoms with van der Waals surface area (Å²) in [5, 5.41) is 4.58. The second-order valence-electron chi connectivity index (χ2n) is 3.04. The van der Waals surface area contributed by atoms with E-state index in [0.717, 1.165) is 21.0 Å². The van der Waals surface area contributed by atoms with Gasteiger partial charge in [-0.15, -0.1) is 0 Å². The first kappa shape index (κ1) is 11.2.